The Morgan fingerprint density at radius 1 is 1.44 bits per heavy atom. The van der Waals surface area contributed by atoms with E-state index in [4.69, 9.17) is 4.74 Å². The summed E-state index contributed by atoms with van der Waals surface area (Å²) in [5.41, 5.74) is 0.538. The third-order valence-electron chi connectivity index (χ3n) is 1.90. The molecule has 0 unspecified atom stereocenters. The van der Waals surface area contributed by atoms with Crippen molar-refractivity contribution in [1.82, 2.24) is 0 Å². The summed E-state index contributed by atoms with van der Waals surface area (Å²) >= 11 is 2.08. The molecule has 0 amide bonds. The van der Waals surface area contributed by atoms with Gasteiger partial charge in [0.1, 0.15) is 11.5 Å². The van der Waals surface area contributed by atoms with E-state index >= 15 is 0 Å². The number of phenols is 1. The minimum atomic E-state index is -0.467. The van der Waals surface area contributed by atoms with E-state index in [0.29, 0.717) is 11.3 Å². The van der Waals surface area contributed by atoms with Crippen LogP contribution >= 0.6 is 22.6 Å². The topological polar surface area (TPSA) is 55.8 Å². The zero-order valence-corrected chi connectivity index (χ0v) is 11.0. The molecule has 0 fully saturated rings. The number of carbonyl (C=O) groups excluding carboxylic acids is 1. The predicted molar refractivity (Wildman–Crippen MR) is 68.4 cm³/mol. The third-order valence-corrected chi connectivity index (χ3v) is 2.74. The Labute approximate surface area is 107 Å². The molecule has 1 N–H and O–H groups in total. The van der Waals surface area contributed by atoms with Gasteiger partial charge in [0.2, 0.25) is 0 Å². The monoisotopic (exact) mass is 334 g/mol. The van der Waals surface area contributed by atoms with Crippen LogP contribution < -0.4 is 4.74 Å². The fourth-order valence-electron chi connectivity index (χ4n) is 1.07. The minimum absolute atomic E-state index is 0.0532. The zero-order chi connectivity index (χ0) is 12.1. The Hall–Kier alpha value is -1.24. The summed E-state index contributed by atoms with van der Waals surface area (Å²) in [7, 11) is 2.82. The molecule has 1 aromatic rings. The van der Waals surface area contributed by atoms with Crippen molar-refractivity contribution in [1.29, 1.82) is 0 Å². The van der Waals surface area contributed by atoms with E-state index in [0.717, 1.165) is 3.57 Å². The highest BCUT2D eigenvalue weighted by Gasteiger charge is 2.06. The molecule has 0 aromatic heterocycles. The average Bonchev–Trinajstić information content (AvgIpc) is 2.29. The maximum Gasteiger partial charge on any atom is 0.330 e. The molecule has 0 aliphatic carbocycles. The summed E-state index contributed by atoms with van der Waals surface area (Å²) in [6.45, 7) is 0. The highest BCUT2D eigenvalue weighted by Crippen LogP contribution is 2.29. The molecule has 4 nitrogen and oxygen atoms in total. The highest BCUT2D eigenvalue weighted by atomic mass is 127. The van der Waals surface area contributed by atoms with Crippen molar-refractivity contribution in [3.8, 4) is 11.5 Å². The van der Waals surface area contributed by atoms with Crippen LogP contribution in [0.4, 0.5) is 0 Å². The second kappa shape index (κ2) is 5.74. The first-order chi connectivity index (χ1) is 7.58. The van der Waals surface area contributed by atoms with E-state index in [9.17, 15) is 9.90 Å². The number of esters is 1. The van der Waals surface area contributed by atoms with Gasteiger partial charge in [0, 0.05) is 17.7 Å². The first kappa shape index (κ1) is 12.8. The average molecular weight is 334 g/mol. The Kier molecular flexibility index (Phi) is 4.60. The molecule has 0 bridgehead atoms. The van der Waals surface area contributed by atoms with Gasteiger partial charge in [0.25, 0.3) is 0 Å². The van der Waals surface area contributed by atoms with Crippen LogP contribution in [0.15, 0.2) is 18.2 Å². The second-order valence-electron chi connectivity index (χ2n) is 2.90. The SMILES string of the molecule is COC(=O)C=Cc1cc(I)c(OC)cc1O. The molecule has 86 valence electrons. The van der Waals surface area contributed by atoms with Gasteiger partial charge in [0.15, 0.2) is 0 Å². The van der Waals surface area contributed by atoms with E-state index in [-0.39, 0.29) is 5.75 Å². The lowest BCUT2D eigenvalue weighted by atomic mass is 10.2. The van der Waals surface area contributed by atoms with Gasteiger partial charge in [-0.25, -0.2) is 4.79 Å². The van der Waals surface area contributed by atoms with E-state index in [1.165, 1.54) is 32.4 Å². The molecule has 5 heteroatoms. The molecule has 0 atom stereocenters. The Bertz CT molecular complexity index is 426. The molecule has 0 saturated heterocycles. The van der Waals surface area contributed by atoms with E-state index < -0.39 is 5.97 Å². The number of hydrogen-bond acceptors (Lipinski definition) is 4. The van der Waals surface area contributed by atoms with Gasteiger partial charge in [-0.15, -0.1) is 0 Å². The van der Waals surface area contributed by atoms with Crippen molar-refractivity contribution in [2.24, 2.45) is 0 Å². The molecule has 0 aliphatic rings. The molecule has 1 aromatic carbocycles. The van der Waals surface area contributed by atoms with Crippen molar-refractivity contribution >= 4 is 34.6 Å². The lowest BCUT2D eigenvalue weighted by Crippen LogP contribution is -1.93. The molecule has 0 heterocycles. The number of phenolic OH excluding ortho intramolecular Hbond substituents is 1. The first-order valence-electron chi connectivity index (χ1n) is 4.41. The fourth-order valence-corrected chi connectivity index (χ4v) is 1.79. The smallest absolute Gasteiger partial charge is 0.330 e. The predicted octanol–water partition coefficient (Wildman–Crippen LogP) is 2.19. The maximum absolute atomic E-state index is 10.9. The number of hydrogen-bond donors (Lipinski definition) is 1. The molecular weight excluding hydrogens is 323 g/mol. The van der Waals surface area contributed by atoms with Gasteiger partial charge in [0.05, 0.1) is 17.8 Å². The Morgan fingerprint density at radius 3 is 2.69 bits per heavy atom. The van der Waals surface area contributed by atoms with Crippen molar-refractivity contribution in [2.75, 3.05) is 14.2 Å². The van der Waals surface area contributed by atoms with Gasteiger partial charge in [-0.05, 0) is 34.7 Å². The maximum atomic E-state index is 10.9. The molecule has 0 spiro atoms. The Morgan fingerprint density at radius 2 is 2.12 bits per heavy atom. The van der Waals surface area contributed by atoms with Crippen LogP contribution in [0.25, 0.3) is 6.08 Å². The number of aromatic hydroxyl groups is 1. The molecule has 16 heavy (non-hydrogen) atoms. The van der Waals surface area contributed by atoms with Crippen LogP contribution in [0.3, 0.4) is 0 Å². The van der Waals surface area contributed by atoms with Crippen LogP contribution in [0, 0.1) is 3.57 Å². The normalized spacial score (nSPS) is 10.4. The van der Waals surface area contributed by atoms with Crippen LogP contribution in [0.1, 0.15) is 5.56 Å². The summed E-state index contributed by atoms with van der Waals surface area (Å²) < 4.78 is 10.3. The van der Waals surface area contributed by atoms with Crippen molar-refractivity contribution in [3.63, 3.8) is 0 Å². The molecular formula is C11H11IO4. The third kappa shape index (κ3) is 3.13. The summed E-state index contributed by atoms with van der Waals surface area (Å²) in [4.78, 5) is 10.9. The number of methoxy groups -OCH3 is 2. The lowest BCUT2D eigenvalue weighted by Gasteiger charge is -2.06. The van der Waals surface area contributed by atoms with Gasteiger partial charge >= 0.3 is 5.97 Å². The van der Waals surface area contributed by atoms with Crippen LogP contribution in [0.2, 0.25) is 0 Å². The summed E-state index contributed by atoms with van der Waals surface area (Å²) in [6.07, 6.45) is 2.74. The number of halogens is 1. The number of benzene rings is 1. The number of rotatable bonds is 3. The van der Waals surface area contributed by atoms with Crippen LogP contribution in [-0.4, -0.2) is 25.3 Å². The summed E-state index contributed by atoms with van der Waals surface area (Å²) in [6, 6.07) is 3.22. The standard InChI is InChI=1S/C11H11IO4/c1-15-10-6-9(13)7(5-8(10)12)3-4-11(14)16-2/h3-6,13H,1-2H3. The highest BCUT2D eigenvalue weighted by molar-refractivity contribution is 14.1. The van der Waals surface area contributed by atoms with Gasteiger partial charge < -0.3 is 14.6 Å². The van der Waals surface area contributed by atoms with Crippen LogP contribution in [-0.2, 0) is 9.53 Å². The fraction of sp³-hybridized carbons (Fsp3) is 0.182. The lowest BCUT2D eigenvalue weighted by molar-refractivity contribution is -0.134. The van der Waals surface area contributed by atoms with Crippen molar-refractivity contribution in [2.45, 2.75) is 0 Å². The quantitative estimate of drug-likeness (QED) is 0.523. The largest absolute Gasteiger partial charge is 0.507 e. The summed E-state index contributed by atoms with van der Waals surface area (Å²) in [5.74, 6) is 0.177. The Balaban J connectivity index is 3.02. The number of ether oxygens (including phenoxy) is 2. The van der Waals surface area contributed by atoms with Gasteiger partial charge in [-0.2, -0.15) is 0 Å². The summed E-state index contributed by atoms with van der Waals surface area (Å²) in [5, 5.41) is 9.65. The number of carbonyl (C=O) groups is 1. The van der Waals surface area contributed by atoms with Crippen LogP contribution in [0.5, 0.6) is 11.5 Å². The molecule has 1 rings (SSSR count). The molecule has 0 radical (unpaired) electrons. The second-order valence-corrected chi connectivity index (χ2v) is 4.06. The van der Waals surface area contributed by atoms with Crippen molar-refractivity contribution in [3.05, 3.63) is 27.3 Å². The molecule has 0 aliphatic heterocycles. The van der Waals surface area contributed by atoms with E-state index in [1.54, 1.807) is 6.07 Å². The first-order valence-corrected chi connectivity index (χ1v) is 5.49. The van der Waals surface area contributed by atoms with E-state index in [2.05, 4.69) is 27.3 Å². The molecule has 0 saturated carbocycles. The van der Waals surface area contributed by atoms with Gasteiger partial charge in [-0.3, -0.25) is 0 Å². The van der Waals surface area contributed by atoms with Crippen molar-refractivity contribution < 1.29 is 19.4 Å². The van der Waals surface area contributed by atoms with E-state index in [1.807, 2.05) is 0 Å². The van der Waals surface area contributed by atoms with Gasteiger partial charge in [-0.1, -0.05) is 0 Å². The zero-order valence-electron chi connectivity index (χ0n) is 8.86. The minimum Gasteiger partial charge on any atom is -0.507 e.